The SMILES string of the molecule is Cc1cc(S(N)(=O)=O)cc(NC(=O)C[C@H]2C[C@@H]3CC[C@@H]2C3)c1C. The van der Waals surface area contributed by atoms with Crippen LogP contribution in [0.25, 0.3) is 0 Å². The second kappa shape index (κ2) is 5.91. The molecule has 2 aliphatic carbocycles. The van der Waals surface area contributed by atoms with E-state index in [9.17, 15) is 13.2 Å². The van der Waals surface area contributed by atoms with Gasteiger partial charge in [0.05, 0.1) is 4.90 Å². The number of amides is 1. The summed E-state index contributed by atoms with van der Waals surface area (Å²) in [5.41, 5.74) is 2.22. The lowest BCUT2D eigenvalue weighted by molar-refractivity contribution is -0.117. The second-order valence-electron chi connectivity index (χ2n) is 7.14. The number of hydrogen-bond acceptors (Lipinski definition) is 3. The van der Waals surface area contributed by atoms with Gasteiger partial charge in [0, 0.05) is 12.1 Å². The molecule has 0 spiro atoms. The molecule has 0 aromatic heterocycles. The highest BCUT2D eigenvalue weighted by atomic mass is 32.2. The minimum atomic E-state index is -3.78. The van der Waals surface area contributed by atoms with Crippen molar-refractivity contribution in [1.29, 1.82) is 0 Å². The zero-order chi connectivity index (χ0) is 16.8. The molecule has 126 valence electrons. The summed E-state index contributed by atoms with van der Waals surface area (Å²) in [5, 5.41) is 8.10. The van der Waals surface area contributed by atoms with Gasteiger partial charge in [0.2, 0.25) is 15.9 Å². The number of nitrogens with one attached hydrogen (secondary N) is 1. The summed E-state index contributed by atoms with van der Waals surface area (Å²) in [6.45, 7) is 3.69. The molecule has 0 saturated heterocycles. The number of sulfonamides is 1. The fourth-order valence-corrected chi connectivity index (χ4v) is 4.81. The third kappa shape index (κ3) is 3.43. The van der Waals surface area contributed by atoms with Crippen molar-refractivity contribution in [3.63, 3.8) is 0 Å². The van der Waals surface area contributed by atoms with E-state index in [0.717, 1.165) is 23.5 Å². The molecule has 0 radical (unpaired) electrons. The Morgan fingerprint density at radius 3 is 2.57 bits per heavy atom. The fraction of sp³-hybridized carbons (Fsp3) is 0.588. The van der Waals surface area contributed by atoms with Crippen LogP contribution in [-0.4, -0.2) is 14.3 Å². The van der Waals surface area contributed by atoms with Crippen LogP contribution in [-0.2, 0) is 14.8 Å². The van der Waals surface area contributed by atoms with Crippen molar-refractivity contribution in [2.24, 2.45) is 22.9 Å². The molecule has 3 N–H and O–H groups in total. The minimum Gasteiger partial charge on any atom is -0.326 e. The first kappa shape index (κ1) is 16.5. The molecule has 1 aromatic rings. The van der Waals surface area contributed by atoms with Gasteiger partial charge in [-0.3, -0.25) is 4.79 Å². The van der Waals surface area contributed by atoms with Crippen molar-refractivity contribution in [3.8, 4) is 0 Å². The first-order valence-electron chi connectivity index (χ1n) is 8.18. The third-order valence-electron chi connectivity index (χ3n) is 5.58. The first-order valence-corrected chi connectivity index (χ1v) is 9.72. The van der Waals surface area contributed by atoms with Crippen LogP contribution in [0.3, 0.4) is 0 Å². The van der Waals surface area contributed by atoms with Gasteiger partial charge in [0.15, 0.2) is 0 Å². The zero-order valence-electron chi connectivity index (χ0n) is 13.6. The Morgan fingerprint density at radius 2 is 2.00 bits per heavy atom. The van der Waals surface area contributed by atoms with Gasteiger partial charge >= 0.3 is 0 Å². The van der Waals surface area contributed by atoms with Gasteiger partial charge in [-0.05, 0) is 74.1 Å². The van der Waals surface area contributed by atoms with Crippen molar-refractivity contribution in [1.82, 2.24) is 0 Å². The van der Waals surface area contributed by atoms with E-state index in [0.29, 0.717) is 23.9 Å². The Labute approximate surface area is 137 Å². The van der Waals surface area contributed by atoms with Gasteiger partial charge in [-0.15, -0.1) is 0 Å². The van der Waals surface area contributed by atoms with Crippen LogP contribution in [0.2, 0.25) is 0 Å². The molecule has 6 heteroatoms. The number of carbonyl (C=O) groups excluding carboxylic acids is 1. The predicted molar refractivity (Wildman–Crippen MR) is 89.5 cm³/mol. The molecular weight excluding hydrogens is 312 g/mol. The topological polar surface area (TPSA) is 89.3 Å². The Hall–Kier alpha value is -1.40. The molecule has 1 aromatic carbocycles. The van der Waals surface area contributed by atoms with Crippen LogP contribution in [0.5, 0.6) is 0 Å². The van der Waals surface area contributed by atoms with E-state index in [1.54, 1.807) is 0 Å². The van der Waals surface area contributed by atoms with E-state index in [4.69, 9.17) is 5.14 Å². The highest BCUT2D eigenvalue weighted by Crippen LogP contribution is 2.49. The smallest absolute Gasteiger partial charge is 0.238 e. The van der Waals surface area contributed by atoms with Crippen molar-refractivity contribution in [2.75, 3.05) is 5.32 Å². The van der Waals surface area contributed by atoms with E-state index in [1.165, 1.54) is 31.4 Å². The van der Waals surface area contributed by atoms with Crippen molar-refractivity contribution in [3.05, 3.63) is 23.3 Å². The lowest BCUT2D eigenvalue weighted by Crippen LogP contribution is -2.21. The number of aryl methyl sites for hydroxylation is 1. The summed E-state index contributed by atoms with van der Waals surface area (Å²) < 4.78 is 23.1. The first-order chi connectivity index (χ1) is 10.7. The maximum absolute atomic E-state index is 12.4. The largest absolute Gasteiger partial charge is 0.326 e. The number of primary sulfonamides is 1. The van der Waals surface area contributed by atoms with Crippen LogP contribution >= 0.6 is 0 Å². The van der Waals surface area contributed by atoms with E-state index in [-0.39, 0.29) is 10.8 Å². The highest BCUT2D eigenvalue weighted by Gasteiger charge is 2.40. The predicted octanol–water partition coefficient (Wildman–Crippen LogP) is 2.72. The molecule has 1 amide bonds. The highest BCUT2D eigenvalue weighted by molar-refractivity contribution is 7.89. The van der Waals surface area contributed by atoms with Gasteiger partial charge in [0.1, 0.15) is 0 Å². The van der Waals surface area contributed by atoms with Crippen molar-refractivity contribution < 1.29 is 13.2 Å². The molecule has 2 saturated carbocycles. The fourth-order valence-electron chi connectivity index (χ4n) is 4.19. The maximum Gasteiger partial charge on any atom is 0.238 e. The molecule has 3 atom stereocenters. The number of fused-ring (bicyclic) bond motifs is 2. The average Bonchev–Trinajstić information content (AvgIpc) is 3.04. The Bertz CT molecular complexity index is 742. The lowest BCUT2D eigenvalue weighted by Gasteiger charge is -2.21. The Balaban J connectivity index is 1.74. The van der Waals surface area contributed by atoms with E-state index in [2.05, 4.69) is 5.32 Å². The van der Waals surface area contributed by atoms with Gasteiger partial charge in [-0.2, -0.15) is 0 Å². The van der Waals surface area contributed by atoms with Gasteiger partial charge in [0.25, 0.3) is 0 Å². The lowest BCUT2D eigenvalue weighted by atomic mass is 9.86. The van der Waals surface area contributed by atoms with E-state index >= 15 is 0 Å². The number of nitrogens with two attached hydrogens (primary N) is 1. The van der Waals surface area contributed by atoms with E-state index < -0.39 is 10.0 Å². The summed E-state index contributed by atoms with van der Waals surface area (Å²) >= 11 is 0. The van der Waals surface area contributed by atoms with Gasteiger partial charge in [-0.25, -0.2) is 13.6 Å². The molecular formula is C17H24N2O3S. The van der Waals surface area contributed by atoms with Crippen molar-refractivity contribution in [2.45, 2.75) is 50.8 Å². The van der Waals surface area contributed by atoms with Crippen LogP contribution in [0.4, 0.5) is 5.69 Å². The Kier molecular flexibility index (Phi) is 4.23. The third-order valence-corrected chi connectivity index (χ3v) is 6.47. The van der Waals surface area contributed by atoms with Crippen LogP contribution < -0.4 is 10.5 Å². The van der Waals surface area contributed by atoms with E-state index in [1.807, 2.05) is 13.8 Å². The number of hydrogen-bond donors (Lipinski definition) is 2. The van der Waals surface area contributed by atoms with Crippen LogP contribution in [0, 0.1) is 31.6 Å². The summed E-state index contributed by atoms with van der Waals surface area (Å²) in [4.78, 5) is 12.4. The normalized spacial score (nSPS) is 26.5. The Morgan fingerprint density at radius 1 is 1.26 bits per heavy atom. The molecule has 2 aliphatic rings. The second-order valence-corrected chi connectivity index (χ2v) is 8.71. The standard InChI is InChI=1S/C17H24N2O3S/c1-10-5-15(23(18,21)22)9-16(11(10)2)19-17(20)8-14-7-12-3-4-13(14)6-12/h5,9,12-14H,3-4,6-8H2,1-2H3,(H,19,20)(H2,18,21,22)/t12-,13-,14-/m1/s1. The molecule has 0 unspecified atom stereocenters. The monoisotopic (exact) mass is 336 g/mol. The minimum absolute atomic E-state index is 0.0309. The zero-order valence-corrected chi connectivity index (χ0v) is 14.4. The molecule has 23 heavy (non-hydrogen) atoms. The molecule has 0 aliphatic heterocycles. The number of carbonyl (C=O) groups is 1. The van der Waals surface area contributed by atoms with Crippen molar-refractivity contribution >= 4 is 21.6 Å². The number of benzene rings is 1. The average molecular weight is 336 g/mol. The molecule has 5 nitrogen and oxygen atoms in total. The van der Waals surface area contributed by atoms with Crippen LogP contribution in [0.1, 0.15) is 43.2 Å². The summed E-state index contributed by atoms with van der Waals surface area (Å²) in [5.74, 6) is 1.96. The molecule has 0 heterocycles. The summed E-state index contributed by atoms with van der Waals surface area (Å²) in [6, 6.07) is 2.99. The number of anilines is 1. The molecule has 3 rings (SSSR count). The molecule has 2 fully saturated rings. The molecule has 2 bridgehead atoms. The number of rotatable bonds is 4. The van der Waals surface area contributed by atoms with Crippen LogP contribution in [0.15, 0.2) is 17.0 Å². The summed E-state index contributed by atoms with van der Waals surface area (Å²) in [6.07, 6.45) is 5.53. The van der Waals surface area contributed by atoms with Gasteiger partial charge in [-0.1, -0.05) is 6.42 Å². The maximum atomic E-state index is 12.4. The van der Waals surface area contributed by atoms with Gasteiger partial charge < -0.3 is 5.32 Å². The summed E-state index contributed by atoms with van der Waals surface area (Å²) in [7, 11) is -3.78. The quantitative estimate of drug-likeness (QED) is 0.886.